The molecule has 1 fully saturated rings. The first-order chi connectivity index (χ1) is 13.9. The summed E-state index contributed by atoms with van der Waals surface area (Å²) < 4.78 is 7.89. The number of aromatic amines is 1. The van der Waals surface area contributed by atoms with Crippen LogP contribution in [0.25, 0.3) is 16.8 Å². The Balaban J connectivity index is 1.54. The summed E-state index contributed by atoms with van der Waals surface area (Å²) in [6.45, 7) is 8.36. The standard InChI is InChI=1S/C21H30N6O2/c1-5-8-21(3,4)24-20(28)29-14-10-13(6-2)15(11-14)19-26-25-17-12-23-18-16(27(17)19)7-9-22-18/h7,9,12-15,22H,5-6,8,10-11H2,1-4H3,(H,24,28)/t13-,14+,15+/m1/s1. The average molecular weight is 399 g/mol. The second kappa shape index (κ2) is 7.65. The molecular formula is C21H30N6O2. The Morgan fingerprint density at radius 1 is 1.34 bits per heavy atom. The van der Waals surface area contributed by atoms with Gasteiger partial charge in [-0.05, 0) is 45.1 Å². The second-order valence-electron chi connectivity index (χ2n) is 8.75. The summed E-state index contributed by atoms with van der Waals surface area (Å²) in [6.07, 6.45) is 7.71. The first-order valence-corrected chi connectivity index (χ1v) is 10.6. The maximum Gasteiger partial charge on any atom is 0.407 e. The second-order valence-corrected chi connectivity index (χ2v) is 8.75. The molecule has 8 nitrogen and oxygen atoms in total. The van der Waals surface area contributed by atoms with E-state index in [1.807, 2.05) is 26.1 Å². The minimum Gasteiger partial charge on any atom is -0.446 e. The van der Waals surface area contributed by atoms with Crippen LogP contribution in [-0.4, -0.2) is 42.3 Å². The first kappa shape index (κ1) is 19.7. The Morgan fingerprint density at radius 3 is 2.93 bits per heavy atom. The third-order valence-electron chi connectivity index (χ3n) is 6.06. The molecule has 29 heavy (non-hydrogen) atoms. The topological polar surface area (TPSA) is 97.2 Å². The van der Waals surface area contributed by atoms with Crippen LogP contribution in [0.3, 0.4) is 0 Å². The number of alkyl carbamates (subject to hydrolysis) is 1. The van der Waals surface area contributed by atoms with Crippen LogP contribution in [0.2, 0.25) is 0 Å². The van der Waals surface area contributed by atoms with Crippen molar-refractivity contribution in [3.8, 4) is 0 Å². The molecule has 156 valence electrons. The number of aromatic nitrogens is 5. The molecule has 0 spiro atoms. The number of ether oxygens (including phenoxy) is 1. The summed E-state index contributed by atoms with van der Waals surface area (Å²) in [4.78, 5) is 20.0. The quantitative estimate of drug-likeness (QED) is 0.649. The maximum atomic E-state index is 12.5. The lowest BCUT2D eigenvalue weighted by Gasteiger charge is -2.26. The number of fused-ring (bicyclic) bond motifs is 3. The molecule has 0 unspecified atom stereocenters. The summed E-state index contributed by atoms with van der Waals surface area (Å²) in [6, 6.07) is 2.00. The van der Waals surface area contributed by atoms with Crippen LogP contribution in [0.5, 0.6) is 0 Å². The van der Waals surface area contributed by atoms with E-state index in [0.29, 0.717) is 5.92 Å². The summed E-state index contributed by atoms with van der Waals surface area (Å²) in [5, 5.41) is 11.8. The van der Waals surface area contributed by atoms with Gasteiger partial charge in [0.05, 0.1) is 11.7 Å². The van der Waals surface area contributed by atoms with Crippen LogP contribution in [0.4, 0.5) is 4.79 Å². The molecule has 1 amide bonds. The van der Waals surface area contributed by atoms with Gasteiger partial charge >= 0.3 is 6.09 Å². The Kier molecular flexibility index (Phi) is 5.19. The number of nitrogens with zero attached hydrogens (tertiary/aromatic N) is 4. The molecule has 0 saturated heterocycles. The van der Waals surface area contributed by atoms with Crippen LogP contribution in [0.15, 0.2) is 18.5 Å². The fourth-order valence-corrected chi connectivity index (χ4v) is 4.72. The van der Waals surface area contributed by atoms with Crippen molar-refractivity contribution in [1.29, 1.82) is 0 Å². The van der Waals surface area contributed by atoms with Crippen molar-refractivity contribution in [3.05, 3.63) is 24.3 Å². The monoisotopic (exact) mass is 398 g/mol. The molecule has 0 radical (unpaired) electrons. The van der Waals surface area contributed by atoms with E-state index in [1.165, 1.54) is 0 Å². The van der Waals surface area contributed by atoms with Crippen LogP contribution in [0.1, 0.15) is 71.5 Å². The first-order valence-electron chi connectivity index (χ1n) is 10.6. The van der Waals surface area contributed by atoms with Gasteiger partial charge in [-0.1, -0.05) is 26.7 Å². The minimum absolute atomic E-state index is 0.113. The molecule has 3 atom stereocenters. The van der Waals surface area contributed by atoms with E-state index in [0.717, 1.165) is 54.7 Å². The minimum atomic E-state index is -0.327. The molecule has 0 aromatic carbocycles. The van der Waals surface area contributed by atoms with Crippen molar-refractivity contribution in [3.63, 3.8) is 0 Å². The zero-order valence-corrected chi connectivity index (χ0v) is 17.6. The zero-order chi connectivity index (χ0) is 20.6. The number of carbonyl (C=O) groups excluding carboxylic acids is 1. The molecule has 0 aliphatic heterocycles. The number of rotatable bonds is 6. The summed E-state index contributed by atoms with van der Waals surface area (Å²) in [5.74, 6) is 1.51. The van der Waals surface area contributed by atoms with Crippen molar-refractivity contribution in [2.24, 2.45) is 5.92 Å². The van der Waals surface area contributed by atoms with Gasteiger partial charge in [0.15, 0.2) is 11.3 Å². The summed E-state index contributed by atoms with van der Waals surface area (Å²) in [7, 11) is 0. The van der Waals surface area contributed by atoms with Gasteiger partial charge in [0.2, 0.25) is 0 Å². The van der Waals surface area contributed by atoms with Crippen molar-refractivity contribution in [2.45, 2.75) is 77.4 Å². The Morgan fingerprint density at radius 2 is 2.17 bits per heavy atom. The molecule has 3 aromatic rings. The molecular weight excluding hydrogens is 368 g/mol. The highest BCUT2D eigenvalue weighted by molar-refractivity contribution is 5.74. The Hall–Kier alpha value is -2.64. The largest absolute Gasteiger partial charge is 0.446 e. The molecule has 1 saturated carbocycles. The predicted molar refractivity (Wildman–Crippen MR) is 111 cm³/mol. The van der Waals surface area contributed by atoms with E-state index in [2.05, 4.69) is 43.7 Å². The fraction of sp³-hybridized carbons (Fsp3) is 0.619. The zero-order valence-electron chi connectivity index (χ0n) is 17.6. The molecule has 2 N–H and O–H groups in total. The molecule has 1 aliphatic carbocycles. The number of carbonyl (C=O) groups is 1. The molecule has 4 rings (SSSR count). The summed E-state index contributed by atoms with van der Waals surface area (Å²) in [5.41, 5.74) is 2.27. The van der Waals surface area contributed by atoms with E-state index >= 15 is 0 Å². The number of hydrogen-bond acceptors (Lipinski definition) is 5. The maximum absolute atomic E-state index is 12.5. The fourth-order valence-electron chi connectivity index (χ4n) is 4.72. The van der Waals surface area contributed by atoms with Crippen LogP contribution in [0, 0.1) is 5.92 Å². The smallest absolute Gasteiger partial charge is 0.407 e. The van der Waals surface area contributed by atoms with Gasteiger partial charge in [-0.2, -0.15) is 0 Å². The molecule has 0 bridgehead atoms. The third-order valence-corrected chi connectivity index (χ3v) is 6.06. The van der Waals surface area contributed by atoms with Crippen LogP contribution in [-0.2, 0) is 4.74 Å². The van der Waals surface area contributed by atoms with E-state index in [9.17, 15) is 4.79 Å². The van der Waals surface area contributed by atoms with E-state index in [4.69, 9.17) is 4.74 Å². The average Bonchev–Trinajstić information content (AvgIpc) is 3.37. The lowest BCUT2D eigenvalue weighted by atomic mass is 9.93. The molecule has 3 aromatic heterocycles. The Labute approximate surface area is 170 Å². The highest BCUT2D eigenvalue weighted by atomic mass is 16.6. The molecule has 3 heterocycles. The van der Waals surface area contributed by atoms with Gasteiger partial charge < -0.3 is 15.0 Å². The summed E-state index contributed by atoms with van der Waals surface area (Å²) >= 11 is 0. The van der Waals surface area contributed by atoms with Gasteiger partial charge in [-0.3, -0.25) is 4.40 Å². The Bertz CT molecular complexity index is 1010. The molecule has 8 heteroatoms. The highest BCUT2D eigenvalue weighted by Gasteiger charge is 2.39. The normalized spacial score (nSPS) is 22.4. The van der Waals surface area contributed by atoms with Crippen molar-refractivity contribution in [1.82, 2.24) is 29.9 Å². The van der Waals surface area contributed by atoms with E-state index < -0.39 is 0 Å². The van der Waals surface area contributed by atoms with Crippen LogP contribution < -0.4 is 5.32 Å². The lowest BCUT2D eigenvalue weighted by molar-refractivity contribution is 0.0899. The van der Waals surface area contributed by atoms with Gasteiger partial charge in [-0.25, -0.2) is 9.78 Å². The van der Waals surface area contributed by atoms with Crippen molar-refractivity contribution < 1.29 is 9.53 Å². The third kappa shape index (κ3) is 3.80. The van der Waals surface area contributed by atoms with Crippen LogP contribution >= 0.6 is 0 Å². The van der Waals surface area contributed by atoms with Gasteiger partial charge in [0.25, 0.3) is 0 Å². The lowest BCUT2D eigenvalue weighted by Crippen LogP contribution is -2.44. The van der Waals surface area contributed by atoms with Crippen molar-refractivity contribution in [2.75, 3.05) is 0 Å². The van der Waals surface area contributed by atoms with Crippen molar-refractivity contribution >= 4 is 22.9 Å². The highest BCUT2D eigenvalue weighted by Crippen LogP contribution is 2.42. The number of hydrogen-bond donors (Lipinski definition) is 2. The SMILES string of the molecule is CCCC(C)(C)NC(=O)O[C@H]1C[C@@H](CC)[C@@H](c2nnc3cnc4[nH]ccc4n23)C1. The number of nitrogens with one attached hydrogen (secondary N) is 2. The number of amides is 1. The molecule has 1 aliphatic rings. The van der Waals surface area contributed by atoms with Gasteiger partial charge in [-0.15, -0.1) is 10.2 Å². The van der Waals surface area contributed by atoms with E-state index in [-0.39, 0.29) is 23.7 Å². The van der Waals surface area contributed by atoms with Gasteiger partial charge in [0, 0.05) is 17.7 Å². The van der Waals surface area contributed by atoms with E-state index in [1.54, 1.807) is 6.20 Å². The van der Waals surface area contributed by atoms with Gasteiger partial charge in [0.1, 0.15) is 11.9 Å². The predicted octanol–water partition coefficient (Wildman–Crippen LogP) is 4.18. The number of H-pyrrole nitrogens is 1.